The zero-order valence-corrected chi connectivity index (χ0v) is 14.8. The van der Waals surface area contributed by atoms with E-state index in [2.05, 4.69) is 21.8 Å². The number of ether oxygens (including phenoxy) is 1. The molecule has 6 nitrogen and oxygen atoms in total. The topological polar surface area (TPSA) is 48.9 Å². The second-order valence-electron chi connectivity index (χ2n) is 6.47. The summed E-state index contributed by atoms with van der Waals surface area (Å²) < 4.78 is 5.36. The molecule has 0 atom stereocenters. The lowest BCUT2D eigenvalue weighted by Crippen LogP contribution is -2.44. The third-order valence-corrected chi connectivity index (χ3v) is 5.62. The number of nitrogens with zero attached hydrogens (tertiary/aromatic N) is 4. The minimum Gasteiger partial charge on any atom is -0.379 e. The zero-order valence-electron chi connectivity index (χ0n) is 14.0. The van der Waals surface area contributed by atoms with Gasteiger partial charge in [-0.05, 0) is 33.0 Å². The second-order valence-corrected chi connectivity index (χ2v) is 7.41. The Kier molecular flexibility index (Phi) is 5.63. The summed E-state index contributed by atoms with van der Waals surface area (Å²) in [7, 11) is 4.05. The van der Waals surface area contributed by atoms with E-state index >= 15 is 0 Å². The third kappa shape index (κ3) is 4.29. The molecule has 7 heteroatoms. The molecule has 1 aromatic rings. The predicted molar refractivity (Wildman–Crippen MR) is 90.8 cm³/mol. The van der Waals surface area contributed by atoms with E-state index in [1.165, 1.54) is 0 Å². The van der Waals surface area contributed by atoms with Crippen LogP contribution >= 0.6 is 11.3 Å². The lowest BCUT2D eigenvalue weighted by molar-refractivity contribution is 0.0341. The van der Waals surface area contributed by atoms with Crippen molar-refractivity contribution in [3.63, 3.8) is 0 Å². The van der Waals surface area contributed by atoms with Gasteiger partial charge in [0.2, 0.25) is 0 Å². The van der Waals surface area contributed by atoms with E-state index in [1.54, 1.807) is 11.3 Å². The van der Waals surface area contributed by atoms with Crippen LogP contribution in [-0.4, -0.2) is 85.1 Å². The van der Waals surface area contributed by atoms with Gasteiger partial charge in [0.05, 0.1) is 19.8 Å². The Bertz CT molecular complexity index is 522. The largest absolute Gasteiger partial charge is 0.379 e. The molecule has 1 amide bonds. The van der Waals surface area contributed by atoms with E-state index in [0.717, 1.165) is 63.8 Å². The van der Waals surface area contributed by atoms with Crippen LogP contribution < -0.4 is 0 Å². The summed E-state index contributed by atoms with van der Waals surface area (Å²) in [6.45, 7) is 6.39. The minimum absolute atomic E-state index is 0.0593. The number of aromatic nitrogens is 1. The summed E-state index contributed by atoms with van der Waals surface area (Å²) >= 11 is 1.59. The van der Waals surface area contributed by atoms with Crippen LogP contribution in [0.25, 0.3) is 0 Å². The quantitative estimate of drug-likeness (QED) is 0.824. The highest BCUT2D eigenvalue weighted by Crippen LogP contribution is 2.19. The Morgan fingerprint density at radius 3 is 2.74 bits per heavy atom. The first-order chi connectivity index (χ1) is 11.1. The highest BCUT2D eigenvalue weighted by atomic mass is 32.1. The van der Waals surface area contributed by atoms with Gasteiger partial charge in [0, 0.05) is 31.6 Å². The van der Waals surface area contributed by atoms with Crippen molar-refractivity contribution >= 4 is 17.2 Å². The first-order valence-corrected chi connectivity index (χ1v) is 9.21. The van der Waals surface area contributed by atoms with E-state index in [-0.39, 0.29) is 5.91 Å². The van der Waals surface area contributed by atoms with Gasteiger partial charge in [-0.2, -0.15) is 0 Å². The number of likely N-dealkylation sites (tertiary alicyclic amines) is 1. The standard InChI is InChI=1S/C16H26N4O2S/c1-18-5-3-13(4-6-18)19(2)16(21)14-12-23-15(17-14)11-20-7-9-22-10-8-20/h12-13H,3-11H2,1-2H3. The number of carbonyl (C=O) groups is 1. The number of hydrogen-bond donors (Lipinski definition) is 0. The lowest BCUT2D eigenvalue weighted by Gasteiger charge is -2.34. The van der Waals surface area contributed by atoms with E-state index in [9.17, 15) is 4.79 Å². The van der Waals surface area contributed by atoms with Crippen LogP contribution in [0.3, 0.4) is 0 Å². The average molecular weight is 338 g/mol. The summed E-state index contributed by atoms with van der Waals surface area (Å²) in [5, 5.41) is 2.93. The number of morpholine rings is 1. The molecule has 2 aliphatic rings. The molecule has 23 heavy (non-hydrogen) atoms. The Labute approximate surface area is 142 Å². The summed E-state index contributed by atoms with van der Waals surface area (Å²) in [4.78, 5) is 23.8. The molecule has 0 bridgehead atoms. The number of hydrogen-bond acceptors (Lipinski definition) is 6. The number of carbonyl (C=O) groups excluding carboxylic acids is 1. The van der Waals surface area contributed by atoms with E-state index in [1.807, 2.05) is 17.3 Å². The molecule has 1 aromatic heterocycles. The zero-order chi connectivity index (χ0) is 16.2. The van der Waals surface area contributed by atoms with Crippen LogP contribution in [0.1, 0.15) is 28.3 Å². The van der Waals surface area contributed by atoms with Crippen molar-refractivity contribution in [2.45, 2.75) is 25.4 Å². The van der Waals surface area contributed by atoms with Gasteiger partial charge in [-0.15, -0.1) is 11.3 Å². The number of amides is 1. The molecule has 2 aliphatic heterocycles. The van der Waals surface area contributed by atoms with Crippen LogP contribution in [0.4, 0.5) is 0 Å². The van der Waals surface area contributed by atoms with Crippen LogP contribution in [0.2, 0.25) is 0 Å². The Balaban J connectivity index is 1.57. The number of thiazole rings is 1. The van der Waals surface area contributed by atoms with Crippen LogP contribution in [-0.2, 0) is 11.3 Å². The van der Waals surface area contributed by atoms with Gasteiger partial charge >= 0.3 is 0 Å². The van der Waals surface area contributed by atoms with Crippen molar-refractivity contribution < 1.29 is 9.53 Å². The predicted octanol–water partition coefficient (Wildman–Crippen LogP) is 1.14. The first-order valence-electron chi connectivity index (χ1n) is 8.33. The lowest BCUT2D eigenvalue weighted by atomic mass is 10.0. The molecular weight excluding hydrogens is 312 g/mol. The molecule has 128 valence electrons. The molecule has 3 rings (SSSR count). The number of rotatable bonds is 4. The normalized spacial score (nSPS) is 21.5. The number of piperidine rings is 1. The molecule has 2 saturated heterocycles. The highest BCUT2D eigenvalue weighted by molar-refractivity contribution is 7.09. The molecule has 0 unspecified atom stereocenters. The third-order valence-electron chi connectivity index (χ3n) is 4.79. The summed E-state index contributed by atoms with van der Waals surface area (Å²) in [5.74, 6) is 0.0593. The maximum absolute atomic E-state index is 12.7. The summed E-state index contributed by atoms with van der Waals surface area (Å²) in [5.41, 5.74) is 0.597. The van der Waals surface area contributed by atoms with Gasteiger partial charge in [-0.1, -0.05) is 0 Å². The molecule has 0 spiro atoms. The molecular formula is C16H26N4O2S. The van der Waals surface area contributed by atoms with Gasteiger partial charge in [0.25, 0.3) is 5.91 Å². The van der Waals surface area contributed by atoms with Gasteiger partial charge in [-0.3, -0.25) is 9.69 Å². The fourth-order valence-electron chi connectivity index (χ4n) is 3.16. The Hall–Kier alpha value is -1.02. The van der Waals surface area contributed by atoms with Crippen molar-refractivity contribution in [3.8, 4) is 0 Å². The van der Waals surface area contributed by atoms with Crippen molar-refractivity contribution in [1.29, 1.82) is 0 Å². The van der Waals surface area contributed by atoms with E-state index < -0.39 is 0 Å². The molecule has 2 fully saturated rings. The molecule has 0 saturated carbocycles. The van der Waals surface area contributed by atoms with Crippen molar-refractivity contribution in [2.75, 3.05) is 53.5 Å². The van der Waals surface area contributed by atoms with Crippen LogP contribution in [0, 0.1) is 0 Å². The fraction of sp³-hybridized carbons (Fsp3) is 0.750. The van der Waals surface area contributed by atoms with Crippen molar-refractivity contribution in [3.05, 3.63) is 16.1 Å². The van der Waals surface area contributed by atoms with Gasteiger partial charge in [0.1, 0.15) is 10.7 Å². The molecule has 3 heterocycles. The smallest absolute Gasteiger partial charge is 0.273 e. The Morgan fingerprint density at radius 1 is 1.35 bits per heavy atom. The maximum Gasteiger partial charge on any atom is 0.273 e. The van der Waals surface area contributed by atoms with Gasteiger partial charge in [-0.25, -0.2) is 4.98 Å². The van der Waals surface area contributed by atoms with Crippen LogP contribution in [0.15, 0.2) is 5.38 Å². The average Bonchev–Trinajstić information content (AvgIpc) is 3.03. The molecule has 0 N–H and O–H groups in total. The first kappa shape index (κ1) is 16.8. The van der Waals surface area contributed by atoms with Crippen molar-refractivity contribution in [1.82, 2.24) is 19.7 Å². The molecule has 0 aromatic carbocycles. The SMILES string of the molecule is CN1CCC(N(C)C(=O)c2csc(CN3CCOCC3)n2)CC1. The van der Waals surface area contributed by atoms with E-state index in [4.69, 9.17) is 4.74 Å². The fourth-order valence-corrected chi connectivity index (χ4v) is 3.97. The van der Waals surface area contributed by atoms with Crippen LogP contribution in [0.5, 0.6) is 0 Å². The Morgan fingerprint density at radius 2 is 2.04 bits per heavy atom. The van der Waals surface area contributed by atoms with Gasteiger partial charge in [0.15, 0.2) is 0 Å². The minimum atomic E-state index is 0.0593. The maximum atomic E-state index is 12.7. The highest BCUT2D eigenvalue weighted by Gasteiger charge is 2.26. The van der Waals surface area contributed by atoms with E-state index in [0.29, 0.717) is 11.7 Å². The summed E-state index contributed by atoms with van der Waals surface area (Å²) in [6, 6.07) is 0.336. The molecule has 0 aliphatic carbocycles. The molecule has 0 radical (unpaired) electrons. The van der Waals surface area contributed by atoms with Gasteiger partial charge < -0.3 is 14.5 Å². The monoisotopic (exact) mass is 338 g/mol. The second kappa shape index (κ2) is 7.70. The summed E-state index contributed by atoms with van der Waals surface area (Å²) in [6.07, 6.45) is 2.09. The van der Waals surface area contributed by atoms with Crippen molar-refractivity contribution in [2.24, 2.45) is 0 Å².